The molecule has 2 atom stereocenters. The second kappa shape index (κ2) is 11.3. The first-order chi connectivity index (χ1) is 19.2. The summed E-state index contributed by atoms with van der Waals surface area (Å²) in [5.74, 6) is 0. The summed E-state index contributed by atoms with van der Waals surface area (Å²) in [6.07, 6.45) is 9.56. The molecule has 41 heavy (non-hydrogen) atoms. The van der Waals surface area contributed by atoms with E-state index in [0.717, 1.165) is 0 Å². The van der Waals surface area contributed by atoms with Crippen LogP contribution in [0.3, 0.4) is 0 Å². The molecule has 0 bridgehead atoms. The molecule has 0 fully saturated rings. The Bertz CT molecular complexity index is 1980. The van der Waals surface area contributed by atoms with E-state index in [-0.39, 0.29) is 24.8 Å². The van der Waals surface area contributed by atoms with Gasteiger partial charge in [-0.15, -0.1) is 0 Å². The summed E-state index contributed by atoms with van der Waals surface area (Å²) in [5, 5.41) is 3.98. The average molecular weight is 648 g/mol. The van der Waals surface area contributed by atoms with Crippen LogP contribution in [0.4, 0.5) is 0 Å². The van der Waals surface area contributed by atoms with E-state index in [2.05, 4.69) is 145 Å². The molecule has 198 valence electrons. The Hall–Kier alpha value is -3.16. The van der Waals surface area contributed by atoms with Crippen molar-refractivity contribution >= 4 is 39.4 Å². The quantitative estimate of drug-likeness (QED) is 0.276. The molecule has 8 rings (SSSR count). The predicted molar refractivity (Wildman–Crippen MR) is 161 cm³/mol. The maximum atomic E-state index is 2.50. The van der Waals surface area contributed by atoms with E-state index in [1.165, 1.54) is 66.3 Å². The van der Waals surface area contributed by atoms with Gasteiger partial charge in [-0.1, -0.05) is 0 Å². The molecule has 0 spiro atoms. The molecule has 0 N–H and O–H groups in total. The van der Waals surface area contributed by atoms with Gasteiger partial charge in [0, 0.05) is 0 Å². The Morgan fingerprint density at radius 2 is 1.46 bits per heavy atom. The third-order valence-corrected chi connectivity index (χ3v) is 12.8. The number of aryl methyl sites for hydroxylation is 1. The normalized spacial score (nSPS) is 16.5. The first kappa shape index (κ1) is 28.0. The number of rotatable bonds is 4. The van der Waals surface area contributed by atoms with Crippen LogP contribution in [0.5, 0.6) is 0 Å². The molecule has 1 aromatic heterocycles. The van der Waals surface area contributed by atoms with E-state index >= 15 is 0 Å². The molecule has 2 aliphatic carbocycles. The Labute approximate surface area is 265 Å². The van der Waals surface area contributed by atoms with Crippen LogP contribution in [-0.4, -0.2) is 4.57 Å². The number of allylic oxidation sites excluding steroid dienone is 2. The van der Waals surface area contributed by atoms with Gasteiger partial charge in [0.05, 0.1) is 0 Å². The van der Waals surface area contributed by atoms with Crippen molar-refractivity contribution in [1.29, 1.82) is 0 Å². The molecule has 0 saturated carbocycles. The molecule has 1 heterocycles. The van der Waals surface area contributed by atoms with Crippen molar-refractivity contribution in [2.24, 2.45) is 0 Å². The number of nitrogens with zero attached hydrogens (tertiary/aromatic N) is 1. The Kier molecular flexibility index (Phi) is 7.68. The van der Waals surface area contributed by atoms with E-state index in [9.17, 15) is 0 Å². The summed E-state index contributed by atoms with van der Waals surface area (Å²) in [4.78, 5) is 0. The van der Waals surface area contributed by atoms with E-state index in [1.54, 1.807) is 0 Å². The summed E-state index contributed by atoms with van der Waals surface area (Å²) in [5.41, 5.74) is 12.6. The van der Waals surface area contributed by atoms with Crippen LogP contribution >= 0.6 is 0 Å². The monoisotopic (exact) mass is 645 g/mol. The standard InChI is InChI=1S/C28H20N.C9H7.2ClH.Zr/c1-19-14-22-7-2-4-8-26(22)27(15-19)24-16-21-10-11-25(18-23(21)17-24)29-13-12-20-6-3-5-9-28(20)29;1-2-5-9-7-3-6-8(9)4-1;;;/h2-18H,1H3;1-7H;2*1H;/q;;;;+2/p-2. The van der Waals surface area contributed by atoms with Gasteiger partial charge >= 0.3 is 242 Å². The van der Waals surface area contributed by atoms with Crippen LogP contribution in [-0.2, 0) is 23.2 Å². The fourth-order valence-corrected chi connectivity index (χ4v) is 11.1. The Morgan fingerprint density at radius 1 is 0.683 bits per heavy atom. The molecule has 0 amide bonds. The molecule has 2 aliphatic rings. The minimum atomic E-state index is -0.986. The van der Waals surface area contributed by atoms with Gasteiger partial charge in [0.1, 0.15) is 0 Å². The summed E-state index contributed by atoms with van der Waals surface area (Å²) in [7, 11) is 0. The number of hydrogen-bond donors (Lipinski definition) is 0. The van der Waals surface area contributed by atoms with Gasteiger partial charge in [0.2, 0.25) is 0 Å². The number of halogens is 2. The molecular formula is C37H27Cl2NZr. The van der Waals surface area contributed by atoms with Crippen molar-refractivity contribution in [3.63, 3.8) is 0 Å². The Balaban J connectivity index is 0.00000151. The number of aromatic nitrogens is 1. The van der Waals surface area contributed by atoms with E-state index < -0.39 is 23.2 Å². The number of hydrogen-bond acceptors (Lipinski definition) is 0. The minimum absolute atomic E-state index is 0. The number of benzene rings is 5. The average Bonchev–Trinajstić information content (AvgIpc) is 3.68. The smallest absolute Gasteiger partial charge is 1.00 e. The summed E-state index contributed by atoms with van der Waals surface area (Å²) >= 11 is -0.986. The molecule has 4 heteroatoms. The Morgan fingerprint density at radius 3 is 2.37 bits per heavy atom. The van der Waals surface area contributed by atoms with Crippen molar-refractivity contribution in [1.82, 2.24) is 4.57 Å². The molecule has 1 nitrogen and oxygen atoms in total. The van der Waals surface area contributed by atoms with Crippen molar-refractivity contribution in [3.8, 4) is 5.69 Å². The largest absolute Gasteiger partial charge is 1.00 e. The third-order valence-electron chi connectivity index (χ3n) is 8.34. The van der Waals surface area contributed by atoms with Crippen LogP contribution in [0.1, 0.15) is 40.6 Å². The SMILES string of the molecule is Cc1cc(C2=Cc3ccc(-n4ccc5ccccc54)cc3[CH]2[Zr+2][CH]2C=Cc3ccccc32)c2ccccc2c1.[Cl-].[Cl-]. The van der Waals surface area contributed by atoms with Gasteiger partial charge in [-0.25, -0.2) is 0 Å². The summed E-state index contributed by atoms with van der Waals surface area (Å²) in [6.45, 7) is 2.23. The fraction of sp³-hybridized carbons (Fsp3) is 0.0811. The van der Waals surface area contributed by atoms with E-state index in [1.807, 2.05) is 0 Å². The molecule has 5 aromatic carbocycles. The van der Waals surface area contributed by atoms with Crippen LogP contribution in [0.15, 0.2) is 121 Å². The van der Waals surface area contributed by atoms with Gasteiger partial charge < -0.3 is 24.8 Å². The number of fused-ring (bicyclic) bond motifs is 4. The summed E-state index contributed by atoms with van der Waals surface area (Å²) < 4.78 is 3.41. The van der Waals surface area contributed by atoms with Crippen LogP contribution in [0.2, 0.25) is 0 Å². The molecule has 6 aromatic rings. The van der Waals surface area contributed by atoms with Gasteiger partial charge in [-0.3, -0.25) is 0 Å². The van der Waals surface area contributed by atoms with Gasteiger partial charge in [-0.2, -0.15) is 0 Å². The van der Waals surface area contributed by atoms with Gasteiger partial charge in [-0.05, 0) is 0 Å². The van der Waals surface area contributed by atoms with Crippen molar-refractivity contribution in [2.45, 2.75) is 14.2 Å². The van der Waals surface area contributed by atoms with Crippen LogP contribution in [0, 0.1) is 6.92 Å². The minimum Gasteiger partial charge on any atom is -1.00 e. The van der Waals surface area contributed by atoms with Crippen molar-refractivity contribution in [2.75, 3.05) is 0 Å². The number of para-hydroxylation sites is 1. The fourth-order valence-electron chi connectivity index (χ4n) is 6.51. The third kappa shape index (κ3) is 4.77. The molecule has 0 radical (unpaired) electrons. The van der Waals surface area contributed by atoms with Gasteiger partial charge in [0.15, 0.2) is 0 Å². The van der Waals surface area contributed by atoms with E-state index in [0.29, 0.717) is 7.25 Å². The zero-order chi connectivity index (χ0) is 25.9. The van der Waals surface area contributed by atoms with Gasteiger partial charge in [0.25, 0.3) is 0 Å². The molecule has 0 saturated heterocycles. The molecule has 0 aliphatic heterocycles. The maximum Gasteiger partial charge on any atom is -1.00 e. The second-order valence-electron chi connectivity index (χ2n) is 10.8. The van der Waals surface area contributed by atoms with Crippen LogP contribution < -0.4 is 24.8 Å². The zero-order valence-electron chi connectivity index (χ0n) is 22.6. The molecular weight excluding hydrogens is 621 g/mol. The van der Waals surface area contributed by atoms with Crippen molar-refractivity contribution < 1.29 is 48.0 Å². The van der Waals surface area contributed by atoms with E-state index in [4.69, 9.17) is 0 Å². The maximum absolute atomic E-state index is 2.50. The summed E-state index contributed by atoms with van der Waals surface area (Å²) in [6, 6.07) is 40.7. The topological polar surface area (TPSA) is 4.93 Å². The van der Waals surface area contributed by atoms with Crippen LogP contribution in [0.25, 0.3) is 45.1 Å². The predicted octanol–water partition coefficient (Wildman–Crippen LogP) is 3.55. The zero-order valence-corrected chi connectivity index (χ0v) is 26.5. The molecule has 2 unspecified atom stereocenters. The second-order valence-corrected chi connectivity index (χ2v) is 14.5. The van der Waals surface area contributed by atoms with Crippen molar-refractivity contribution in [3.05, 3.63) is 155 Å². The first-order valence-electron chi connectivity index (χ1n) is 13.7. The first-order valence-corrected chi connectivity index (χ1v) is 16.5.